The van der Waals surface area contributed by atoms with Crippen LogP contribution in [0.4, 0.5) is 0 Å². The van der Waals surface area contributed by atoms with E-state index >= 15 is 0 Å². The first-order valence-electron chi connectivity index (χ1n) is 6.52. The zero-order valence-electron chi connectivity index (χ0n) is 11.4. The Morgan fingerprint density at radius 1 is 1.23 bits per heavy atom. The van der Waals surface area contributed by atoms with E-state index in [4.69, 9.17) is 9.47 Å². The largest absolute Gasteiger partial charge is 0.482 e. The fourth-order valence-electron chi connectivity index (χ4n) is 1.84. The fourth-order valence-corrected chi connectivity index (χ4v) is 2.56. The molecule has 0 bridgehead atoms. The molecule has 0 radical (unpaired) electrons. The second kappa shape index (κ2) is 6.40. The average Bonchev–Trinajstić information content (AvgIpc) is 3.01. The summed E-state index contributed by atoms with van der Waals surface area (Å²) in [6.45, 7) is -0.299. The molecule has 0 aliphatic heterocycles. The molecule has 0 unspecified atom stereocenters. The molecule has 7 heteroatoms. The smallest absolute Gasteiger partial charge is 0.344 e. The maximum Gasteiger partial charge on any atom is 0.344 e. The Bertz CT molecular complexity index is 841. The Morgan fingerprint density at radius 3 is 2.86 bits per heavy atom. The third-order valence-corrected chi connectivity index (χ3v) is 3.74. The van der Waals surface area contributed by atoms with E-state index in [1.54, 1.807) is 23.6 Å². The van der Waals surface area contributed by atoms with E-state index in [1.165, 1.54) is 11.3 Å². The first kappa shape index (κ1) is 14.3. The van der Waals surface area contributed by atoms with Gasteiger partial charge in [0.15, 0.2) is 6.61 Å². The summed E-state index contributed by atoms with van der Waals surface area (Å²) < 4.78 is 10.9. The number of rotatable bonds is 5. The van der Waals surface area contributed by atoms with Crippen molar-refractivity contribution in [1.29, 1.82) is 0 Å². The quantitative estimate of drug-likeness (QED) is 0.729. The van der Waals surface area contributed by atoms with Crippen LogP contribution in [0.2, 0.25) is 0 Å². The van der Waals surface area contributed by atoms with Crippen LogP contribution in [0.3, 0.4) is 0 Å². The minimum Gasteiger partial charge on any atom is -0.482 e. The predicted molar refractivity (Wildman–Crippen MR) is 82.0 cm³/mol. The van der Waals surface area contributed by atoms with Gasteiger partial charge in [-0.2, -0.15) is 0 Å². The van der Waals surface area contributed by atoms with Gasteiger partial charge in [-0.05, 0) is 23.6 Å². The van der Waals surface area contributed by atoms with Gasteiger partial charge in [-0.25, -0.2) is 9.78 Å². The van der Waals surface area contributed by atoms with Gasteiger partial charge >= 0.3 is 5.97 Å². The highest BCUT2D eigenvalue weighted by Crippen LogP contribution is 2.14. The molecule has 6 nitrogen and oxygen atoms in total. The molecule has 0 atom stereocenters. The van der Waals surface area contributed by atoms with Crippen molar-refractivity contribution in [2.24, 2.45) is 0 Å². The molecule has 3 aromatic rings. The third kappa shape index (κ3) is 3.32. The molecule has 22 heavy (non-hydrogen) atoms. The van der Waals surface area contributed by atoms with Gasteiger partial charge in [0.05, 0.1) is 5.52 Å². The summed E-state index contributed by atoms with van der Waals surface area (Å²) >= 11 is 1.32. The van der Waals surface area contributed by atoms with E-state index < -0.39 is 5.97 Å². The molecule has 0 spiro atoms. The highest BCUT2D eigenvalue weighted by atomic mass is 32.1. The summed E-state index contributed by atoms with van der Waals surface area (Å²) in [4.78, 5) is 30.2. The summed E-state index contributed by atoms with van der Waals surface area (Å²) in [5.74, 6) is 0.367. The van der Waals surface area contributed by atoms with E-state index in [1.807, 2.05) is 18.2 Å². The number of hydrogen-bond donors (Lipinski definition) is 1. The molecule has 3 rings (SSSR count). The van der Waals surface area contributed by atoms with Crippen LogP contribution in [0.15, 0.2) is 46.6 Å². The van der Waals surface area contributed by atoms with Crippen molar-refractivity contribution in [2.45, 2.75) is 6.61 Å². The predicted octanol–water partition coefficient (Wildman–Crippen LogP) is 2.11. The number of fused-ring (bicyclic) bond motifs is 1. The van der Waals surface area contributed by atoms with Gasteiger partial charge in [-0.3, -0.25) is 4.79 Å². The van der Waals surface area contributed by atoms with Gasteiger partial charge in [0.2, 0.25) is 0 Å². The molecule has 2 aromatic heterocycles. The second-order valence-electron chi connectivity index (χ2n) is 4.41. The monoisotopic (exact) mass is 316 g/mol. The lowest BCUT2D eigenvalue weighted by Gasteiger charge is -2.06. The molecule has 0 aliphatic carbocycles. The number of esters is 1. The van der Waals surface area contributed by atoms with Gasteiger partial charge in [0.1, 0.15) is 22.9 Å². The highest BCUT2D eigenvalue weighted by Gasteiger charge is 2.08. The summed E-state index contributed by atoms with van der Waals surface area (Å²) in [5, 5.41) is 1.79. The molecule has 1 aromatic carbocycles. The molecular weight excluding hydrogens is 304 g/mol. The number of nitrogens with one attached hydrogen (secondary N) is 1. The molecule has 0 saturated heterocycles. The maximum absolute atomic E-state index is 11.8. The minimum absolute atomic E-state index is 0.0992. The summed E-state index contributed by atoms with van der Waals surface area (Å²) in [7, 11) is 0. The molecule has 0 saturated carbocycles. The minimum atomic E-state index is -0.531. The van der Waals surface area contributed by atoms with Crippen LogP contribution in [-0.4, -0.2) is 22.5 Å². The number of benzene rings is 1. The van der Waals surface area contributed by atoms with Crippen LogP contribution < -0.4 is 10.3 Å². The van der Waals surface area contributed by atoms with Gasteiger partial charge in [-0.1, -0.05) is 18.2 Å². The first-order chi connectivity index (χ1) is 10.7. The topological polar surface area (TPSA) is 81.3 Å². The standard InChI is InChI=1S/C15H12N2O4S/c18-13(9-20-10-4-2-1-3-5-10)21-8-12-16-11-6-7-22-14(11)15(19)17-12/h1-7H,8-9H2,(H,16,17,19). The molecule has 2 heterocycles. The Balaban J connectivity index is 1.57. The Hall–Kier alpha value is -2.67. The van der Waals surface area contributed by atoms with E-state index in [0.29, 0.717) is 21.8 Å². The zero-order valence-corrected chi connectivity index (χ0v) is 12.3. The number of aromatic nitrogens is 2. The molecule has 0 fully saturated rings. The average molecular weight is 316 g/mol. The Labute approximate surface area is 129 Å². The van der Waals surface area contributed by atoms with Crippen molar-refractivity contribution >= 4 is 27.5 Å². The van der Waals surface area contributed by atoms with E-state index in [2.05, 4.69) is 9.97 Å². The van der Waals surface area contributed by atoms with Crippen LogP contribution in [0.25, 0.3) is 10.2 Å². The number of nitrogens with zero attached hydrogens (tertiary/aromatic N) is 1. The van der Waals surface area contributed by atoms with E-state index in [9.17, 15) is 9.59 Å². The van der Waals surface area contributed by atoms with Gasteiger partial charge < -0.3 is 14.5 Å². The number of H-pyrrole nitrogens is 1. The van der Waals surface area contributed by atoms with Crippen molar-refractivity contribution in [3.8, 4) is 5.75 Å². The number of ether oxygens (including phenoxy) is 2. The number of carbonyl (C=O) groups is 1. The van der Waals surface area contributed by atoms with Crippen LogP contribution in [0, 0.1) is 0 Å². The van der Waals surface area contributed by atoms with Crippen LogP contribution in [0.5, 0.6) is 5.75 Å². The van der Waals surface area contributed by atoms with Gasteiger partial charge in [0, 0.05) is 0 Å². The number of carbonyl (C=O) groups excluding carboxylic acids is 1. The van der Waals surface area contributed by atoms with Crippen LogP contribution in [-0.2, 0) is 16.1 Å². The molecule has 112 valence electrons. The number of hydrogen-bond acceptors (Lipinski definition) is 6. The number of aromatic amines is 1. The summed E-state index contributed by atoms with van der Waals surface area (Å²) in [6.07, 6.45) is 0. The Morgan fingerprint density at radius 2 is 2.05 bits per heavy atom. The van der Waals surface area contributed by atoms with Crippen molar-refractivity contribution < 1.29 is 14.3 Å². The normalized spacial score (nSPS) is 10.5. The van der Waals surface area contributed by atoms with Crippen molar-refractivity contribution in [3.05, 3.63) is 58.0 Å². The lowest BCUT2D eigenvalue weighted by molar-refractivity contribution is -0.147. The van der Waals surface area contributed by atoms with Gasteiger partial charge in [0.25, 0.3) is 5.56 Å². The van der Waals surface area contributed by atoms with Gasteiger partial charge in [-0.15, -0.1) is 11.3 Å². The highest BCUT2D eigenvalue weighted by molar-refractivity contribution is 7.17. The van der Waals surface area contributed by atoms with Crippen LogP contribution >= 0.6 is 11.3 Å². The van der Waals surface area contributed by atoms with Crippen LogP contribution in [0.1, 0.15) is 5.82 Å². The zero-order chi connectivity index (χ0) is 15.4. The fraction of sp³-hybridized carbons (Fsp3) is 0.133. The summed E-state index contributed by atoms with van der Waals surface area (Å²) in [6, 6.07) is 10.7. The SMILES string of the molecule is O=C(COc1ccccc1)OCc1nc2ccsc2c(=O)[nH]1. The van der Waals surface area contributed by atoms with E-state index in [-0.39, 0.29) is 18.8 Å². The lowest BCUT2D eigenvalue weighted by atomic mass is 10.3. The summed E-state index contributed by atoms with van der Waals surface area (Å²) in [5.41, 5.74) is 0.368. The molecule has 0 amide bonds. The van der Waals surface area contributed by atoms with E-state index in [0.717, 1.165) is 0 Å². The molecular formula is C15H12N2O4S. The van der Waals surface area contributed by atoms with Crippen molar-refractivity contribution in [3.63, 3.8) is 0 Å². The second-order valence-corrected chi connectivity index (χ2v) is 5.33. The lowest BCUT2D eigenvalue weighted by Crippen LogP contribution is -2.17. The number of para-hydroxylation sites is 1. The first-order valence-corrected chi connectivity index (χ1v) is 7.40. The van der Waals surface area contributed by atoms with Crippen molar-refractivity contribution in [1.82, 2.24) is 9.97 Å². The molecule has 1 N–H and O–H groups in total. The molecule has 0 aliphatic rings. The van der Waals surface area contributed by atoms with Crippen molar-refractivity contribution in [2.75, 3.05) is 6.61 Å². The maximum atomic E-state index is 11.8. The number of thiophene rings is 1. The third-order valence-electron chi connectivity index (χ3n) is 2.83. The Kier molecular flexibility index (Phi) is 4.15.